The lowest BCUT2D eigenvalue weighted by atomic mass is 10.2. The Balaban J connectivity index is 1.78. The van der Waals surface area contributed by atoms with E-state index in [1.54, 1.807) is 19.1 Å². The summed E-state index contributed by atoms with van der Waals surface area (Å²) >= 11 is 1.30. The number of nitrogens with zero attached hydrogens (tertiary/aromatic N) is 4. The van der Waals surface area contributed by atoms with Crippen LogP contribution in [-0.2, 0) is 11.3 Å². The molecule has 0 fully saturated rings. The van der Waals surface area contributed by atoms with Gasteiger partial charge in [-0.1, -0.05) is 55.1 Å². The summed E-state index contributed by atoms with van der Waals surface area (Å²) in [6.07, 6.45) is 0.887. The van der Waals surface area contributed by atoms with Gasteiger partial charge in [-0.15, -0.1) is 10.2 Å². The molecule has 0 aliphatic rings. The largest absolute Gasteiger partial charge is 0.323 e. The van der Waals surface area contributed by atoms with Crippen LogP contribution >= 0.6 is 11.8 Å². The van der Waals surface area contributed by atoms with Crippen molar-refractivity contribution in [2.24, 2.45) is 0 Å². The van der Waals surface area contributed by atoms with E-state index in [9.17, 15) is 9.18 Å². The number of aromatic nitrogens is 3. The predicted molar refractivity (Wildman–Crippen MR) is 123 cm³/mol. The summed E-state index contributed by atoms with van der Waals surface area (Å²) in [5.41, 5.74) is 2.12. The van der Waals surface area contributed by atoms with Gasteiger partial charge < -0.3 is 9.88 Å². The molecule has 2 aromatic carbocycles. The second-order valence-electron chi connectivity index (χ2n) is 7.62. The molecule has 1 atom stereocenters. The van der Waals surface area contributed by atoms with Crippen molar-refractivity contribution in [2.75, 3.05) is 25.2 Å². The van der Waals surface area contributed by atoms with Gasteiger partial charge >= 0.3 is 0 Å². The first-order valence-electron chi connectivity index (χ1n) is 10.2. The molecule has 3 aromatic rings. The number of nitrogens with one attached hydrogen (secondary N) is 1. The summed E-state index contributed by atoms with van der Waals surface area (Å²) in [7, 11) is 4.04. The van der Waals surface area contributed by atoms with E-state index in [0.717, 1.165) is 23.4 Å². The minimum Gasteiger partial charge on any atom is -0.323 e. The number of hydrogen-bond donors (Lipinski definition) is 1. The quantitative estimate of drug-likeness (QED) is 0.495. The Hall–Kier alpha value is -2.71. The molecule has 0 aliphatic carbocycles. The summed E-state index contributed by atoms with van der Waals surface area (Å²) in [5.74, 6) is 0.246. The summed E-state index contributed by atoms with van der Waals surface area (Å²) in [6.45, 7) is 4.53. The second-order valence-corrected chi connectivity index (χ2v) is 8.56. The van der Waals surface area contributed by atoms with Crippen molar-refractivity contribution >= 4 is 23.4 Å². The molecule has 1 heterocycles. The topological polar surface area (TPSA) is 63.1 Å². The van der Waals surface area contributed by atoms with Gasteiger partial charge in [-0.3, -0.25) is 9.69 Å². The fourth-order valence-corrected chi connectivity index (χ4v) is 4.13. The maximum atomic E-state index is 14.0. The first kappa shape index (κ1) is 23.0. The van der Waals surface area contributed by atoms with Gasteiger partial charge in [0.25, 0.3) is 0 Å². The van der Waals surface area contributed by atoms with Crippen LogP contribution in [0, 0.1) is 12.7 Å². The van der Waals surface area contributed by atoms with Crippen LogP contribution in [0.3, 0.4) is 0 Å². The third-order valence-electron chi connectivity index (χ3n) is 4.97. The maximum absolute atomic E-state index is 14.0. The maximum Gasteiger partial charge on any atom is 0.234 e. The Kier molecular flexibility index (Phi) is 7.81. The van der Waals surface area contributed by atoms with E-state index in [2.05, 4.69) is 44.0 Å². The molecule has 164 valence electrons. The summed E-state index contributed by atoms with van der Waals surface area (Å²) in [5, 5.41) is 12.1. The lowest BCUT2D eigenvalue weighted by Gasteiger charge is -2.23. The first-order chi connectivity index (χ1) is 14.9. The van der Waals surface area contributed by atoms with E-state index in [1.807, 2.05) is 32.3 Å². The molecule has 0 spiro atoms. The van der Waals surface area contributed by atoms with Crippen molar-refractivity contribution in [3.8, 4) is 0 Å². The molecule has 0 bridgehead atoms. The average Bonchev–Trinajstić information content (AvgIpc) is 3.12. The summed E-state index contributed by atoms with van der Waals surface area (Å²) in [4.78, 5) is 14.6. The summed E-state index contributed by atoms with van der Waals surface area (Å²) < 4.78 is 16.1. The lowest BCUT2D eigenvalue weighted by molar-refractivity contribution is -0.113. The molecule has 3 rings (SSSR count). The monoisotopic (exact) mass is 441 g/mol. The summed E-state index contributed by atoms with van der Waals surface area (Å²) in [6, 6.07) is 14.9. The van der Waals surface area contributed by atoms with Crippen LogP contribution in [0.25, 0.3) is 0 Å². The Labute approximate surface area is 186 Å². The molecule has 8 heteroatoms. The highest BCUT2D eigenvalue weighted by molar-refractivity contribution is 7.99. The van der Waals surface area contributed by atoms with Gasteiger partial charge in [0.15, 0.2) is 11.0 Å². The smallest absolute Gasteiger partial charge is 0.234 e. The van der Waals surface area contributed by atoms with Gasteiger partial charge in [0.1, 0.15) is 5.82 Å². The molecule has 1 aromatic heterocycles. The van der Waals surface area contributed by atoms with E-state index in [0.29, 0.717) is 11.7 Å². The number of carbonyl (C=O) groups is 1. The standard InChI is InChI=1S/C23H28FN5OS/c1-5-20(28(3)4)22-26-27-23(29(22)14-17-9-7-6-8-10-17)31-15-21(30)25-19-12-11-16(2)13-18(19)24/h6-13,20H,5,14-15H2,1-4H3,(H,25,30). The molecule has 1 amide bonds. The van der Waals surface area contributed by atoms with Crippen molar-refractivity contribution < 1.29 is 9.18 Å². The number of aryl methyl sites for hydroxylation is 1. The van der Waals surface area contributed by atoms with Crippen molar-refractivity contribution in [2.45, 2.75) is 38.0 Å². The molecule has 31 heavy (non-hydrogen) atoms. The Morgan fingerprint density at radius 1 is 1.19 bits per heavy atom. The van der Waals surface area contributed by atoms with Crippen molar-refractivity contribution in [1.82, 2.24) is 19.7 Å². The van der Waals surface area contributed by atoms with Crippen LogP contribution in [0.5, 0.6) is 0 Å². The zero-order valence-electron chi connectivity index (χ0n) is 18.3. The molecule has 1 unspecified atom stereocenters. The fourth-order valence-electron chi connectivity index (χ4n) is 3.38. The number of thioether (sulfide) groups is 1. The van der Waals surface area contributed by atoms with E-state index in [1.165, 1.54) is 17.8 Å². The average molecular weight is 442 g/mol. The molecule has 6 nitrogen and oxygen atoms in total. The van der Waals surface area contributed by atoms with E-state index in [-0.39, 0.29) is 23.4 Å². The molecular weight excluding hydrogens is 413 g/mol. The molecule has 0 saturated carbocycles. The third-order valence-corrected chi connectivity index (χ3v) is 5.93. The van der Waals surface area contributed by atoms with Crippen molar-refractivity contribution in [3.63, 3.8) is 0 Å². The zero-order chi connectivity index (χ0) is 22.4. The number of halogens is 1. The highest BCUT2D eigenvalue weighted by Crippen LogP contribution is 2.26. The lowest BCUT2D eigenvalue weighted by Crippen LogP contribution is -2.23. The van der Waals surface area contributed by atoms with Crippen LogP contribution in [0.4, 0.5) is 10.1 Å². The highest BCUT2D eigenvalue weighted by atomic mass is 32.2. The Bertz CT molecular complexity index is 1020. The minimum atomic E-state index is -0.440. The van der Waals surface area contributed by atoms with Crippen LogP contribution in [-0.4, -0.2) is 45.4 Å². The van der Waals surface area contributed by atoms with Gasteiger partial charge in [-0.25, -0.2) is 4.39 Å². The number of carbonyl (C=O) groups excluding carboxylic acids is 1. The number of hydrogen-bond acceptors (Lipinski definition) is 5. The van der Waals surface area contributed by atoms with E-state index in [4.69, 9.17) is 0 Å². The second kappa shape index (κ2) is 10.5. The Morgan fingerprint density at radius 3 is 2.58 bits per heavy atom. The minimum absolute atomic E-state index is 0.110. The number of amides is 1. The zero-order valence-corrected chi connectivity index (χ0v) is 19.1. The fraction of sp³-hybridized carbons (Fsp3) is 0.348. The van der Waals surface area contributed by atoms with Crippen LogP contribution in [0.1, 0.15) is 36.3 Å². The van der Waals surface area contributed by atoms with Gasteiger partial charge in [-0.05, 0) is 50.7 Å². The Morgan fingerprint density at radius 2 is 1.94 bits per heavy atom. The molecule has 0 aliphatic heterocycles. The number of benzene rings is 2. The SMILES string of the molecule is CCC(c1nnc(SCC(=O)Nc2ccc(C)cc2F)n1Cc1ccccc1)N(C)C. The molecule has 1 N–H and O–H groups in total. The number of rotatable bonds is 9. The van der Waals surface area contributed by atoms with Crippen molar-refractivity contribution in [3.05, 3.63) is 71.3 Å². The molecular formula is C23H28FN5OS. The molecule has 0 radical (unpaired) electrons. The van der Waals surface area contributed by atoms with E-state index >= 15 is 0 Å². The van der Waals surface area contributed by atoms with Crippen molar-refractivity contribution in [1.29, 1.82) is 0 Å². The first-order valence-corrected chi connectivity index (χ1v) is 11.2. The highest BCUT2D eigenvalue weighted by Gasteiger charge is 2.22. The van der Waals surface area contributed by atoms with Gasteiger partial charge in [-0.2, -0.15) is 0 Å². The van der Waals surface area contributed by atoms with Crippen LogP contribution in [0.15, 0.2) is 53.7 Å². The van der Waals surface area contributed by atoms with Crippen LogP contribution in [0.2, 0.25) is 0 Å². The van der Waals surface area contributed by atoms with E-state index < -0.39 is 5.82 Å². The van der Waals surface area contributed by atoms with Crippen LogP contribution < -0.4 is 5.32 Å². The normalized spacial score (nSPS) is 12.2. The third kappa shape index (κ3) is 5.92. The number of anilines is 1. The predicted octanol–water partition coefficient (Wildman–Crippen LogP) is 4.52. The molecule has 0 saturated heterocycles. The van der Waals surface area contributed by atoms with Gasteiger partial charge in [0.05, 0.1) is 24.0 Å². The van der Waals surface area contributed by atoms with Gasteiger partial charge in [0.2, 0.25) is 5.91 Å². The van der Waals surface area contributed by atoms with Gasteiger partial charge in [0, 0.05) is 0 Å².